The van der Waals surface area contributed by atoms with Gasteiger partial charge in [-0.15, -0.1) is 4.83 Å². The Morgan fingerprint density at radius 3 is 2.09 bits per heavy atom. The van der Waals surface area contributed by atoms with E-state index in [2.05, 4.69) is 10.3 Å². The summed E-state index contributed by atoms with van der Waals surface area (Å²) in [6.45, 7) is 0. The lowest BCUT2D eigenvalue weighted by Gasteiger charge is -2.15. The fourth-order valence-electron chi connectivity index (χ4n) is 1.86. The number of aliphatic carboxylic acids is 1. The first kappa shape index (κ1) is 16.2. The Bertz CT molecular complexity index is 718. The van der Waals surface area contributed by atoms with Crippen LogP contribution in [-0.4, -0.2) is 25.5 Å². The summed E-state index contributed by atoms with van der Waals surface area (Å²) in [5.41, 5.74) is 3.16. The first-order chi connectivity index (χ1) is 10.5. The van der Waals surface area contributed by atoms with Crippen LogP contribution in [0.4, 0.5) is 0 Å². The van der Waals surface area contributed by atoms with Gasteiger partial charge in [-0.3, -0.25) is 4.79 Å². The molecule has 0 unspecified atom stereocenters. The predicted octanol–water partition coefficient (Wildman–Crippen LogP) is 1.17. The quantitative estimate of drug-likeness (QED) is 0.666. The molecule has 3 N–H and O–H groups in total. The van der Waals surface area contributed by atoms with Crippen molar-refractivity contribution in [2.24, 2.45) is 0 Å². The van der Waals surface area contributed by atoms with Gasteiger partial charge in [-0.25, -0.2) is 13.8 Å². The molecule has 2 aromatic carbocycles. The Kier molecular flexibility index (Phi) is 5.26. The first-order valence-electron chi connectivity index (χ1n) is 6.58. The van der Waals surface area contributed by atoms with Crippen molar-refractivity contribution in [1.82, 2.24) is 10.3 Å². The van der Waals surface area contributed by atoms with Gasteiger partial charge < -0.3 is 5.11 Å². The average molecular weight is 320 g/mol. The maximum Gasteiger partial charge on any atom is 0.322 e. The highest BCUT2D eigenvalue weighted by atomic mass is 32.2. The van der Waals surface area contributed by atoms with Gasteiger partial charge in [-0.1, -0.05) is 48.5 Å². The zero-order valence-electron chi connectivity index (χ0n) is 11.6. The minimum absolute atomic E-state index is 0.0614. The van der Waals surface area contributed by atoms with Crippen LogP contribution in [0.5, 0.6) is 0 Å². The summed E-state index contributed by atoms with van der Waals surface area (Å²) in [6.07, 6.45) is 0.160. The summed E-state index contributed by atoms with van der Waals surface area (Å²) in [6, 6.07) is 15.6. The number of hydrogen-bond acceptors (Lipinski definition) is 4. The van der Waals surface area contributed by atoms with Gasteiger partial charge in [0.2, 0.25) is 0 Å². The lowest BCUT2D eigenvalue weighted by molar-refractivity contribution is -0.139. The molecule has 0 amide bonds. The predicted molar refractivity (Wildman–Crippen MR) is 81.5 cm³/mol. The Morgan fingerprint density at radius 2 is 1.55 bits per heavy atom. The minimum Gasteiger partial charge on any atom is -0.480 e. The molecule has 7 heteroatoms. The second-order valence-corrected chi connectivity index (χ2v) is 6.33. The fourth-order valence-corrected chi connectivity index (χ4v) is 2.79. The van der Waals surface area contributed by atoms with E-state index in [1.807, 2.05) is 6.07 Å². The summed E-state index contributed by atoms with van der Waals surface area (Å²) in [5, 5.41) is 9.20. The van der Waals surface area contributed by atoms with Crippen LogP contribution in [0.3, 0.4) is 0 Å². The van der Waals surface area contributed by atoms with E-state index in [0.717, 1.165) is 5.56 Å². The molecule has 0 saturated carbocycles. The van der Waals surface area contributed by atoms with Gasteiger partial charge in [0.15, 0.2) is 0 Å². The monoisotopic (exact) mass is 320 g/mol. The van der Waals surface area contributed by atoms with Gasteiger partial charge >= 0.3 is 5.97 Å². The molecule has 6 nitrogen and oxygen atoms in total. The van der Waals surface area contributed by atoms with Crippen molar-refractivity contribution < 1.29 is 18.3 Å². The van der Waals surface area contributed by atoms with Gasteiger partial charge in [-0.05, 0) is 24.1 Å². The van der Waals surface area contributed by atoms with E-state index in [9.17, 15) is 18.3 Å². The maximum absolute atomic E-state index is 12.0. The number of hydrogen-bond donors (Lipinski definition) is 3. The molecule has 1 atom stereocenters. The zero-order valence-corrected chi connectivity index (χ0v) is 12.5. The lowest BCUT2D eigenvalue weighted by atomic mass is 10.1. The van der Waals surface area contributed by atoms with E-state index in [4.69, 9.17) is 0 Å². The largest absolute Gasteiger partial charge is 0.480 e. The Hall–Kier alpha value is -2.22. The molecule has 0 aliphatic heterocycles. The number of hydrazine groups is 1. The normalized spacial score (nSPS) is 12.7. The molecule has 0 heterocycles. The van der Waals surface area contributed by atoms with Crippen LogP contribution in [0.15, 0.2) is 65.6 Å². The summed E-state index contributed by atoms with van der Waals surface area (Å²) in [5.74, 6) is -1.14. The van der Waals surface area contributed by atoms with E-state index in [-0.39, 0.29) is 11.3 Å². The van der Waals surface area contributed by atoms with Crippen LogP contribution in [0.2, 0.25) is 0 Å². The third kappa shape index (κ3) is 4.39. The second kappa shape index (κ2) is 7.17. The van der Waals surface area contributed by atoms with Crippen molar-refractivity contribution in [3.05, 3.63) is 66.2 Å². The van der Waals surface area contributed by atoms with Crippen LogP contribution in [-0.2, 0) is 21.2 Å². The van der Waals surface area contributed by atoms with Gasteiger partial charge in [0.1, 0.15) is 6.04 Å². The number of carbonyl (C=O) groups is 1. The third-order valence-corrected chi connectivity index (χ3v) is 4.28. The van der Waals surface area contributed by atoms with E-state index in [0.29, 0.717) is 0 Å². The molecule has 0 aliphatic rings. The van der Waals surface area contributed by atoms with E-state index in [1.165, 1.54) is 12.1 Å². The standard InChI is InChI=1S/C15H16N2O4S/c18-15(19)14(11-12-7-3-1-4-8-12)16-17-22(20,21)13-9-5-2-6-10-13/h1-10,14,16-17H,11H2,(H,18,19)/t14-/m0/s1. The molecule has 0 saturated heterocycles. The zero-order chi connectivity index (χ0) is 16.0. The lowest BCUT2D eigenvalue weighted by Crippen LogP contribution is -2.49. The van der Waals surface area contributed by atoms with Crippen molar-refractivity contribution in [1.29, 1.82) is 0 Å². The number of rotatable bonds is 7. The van der Waals surface area contributed by atoms with Crippen LogP contribution in [0.1, 0.15) is 5.56 Å². The summed E-state index contributed by atoms with van der Waals surface area (Å²) in [7, 11) is -3.81. The summed E-state index contributed by atoms with van der Waals surface area (Å²) in [4.78, 5) is 13.4. The Labute approximate surface area is 128 Å². The van der Waals surface area contributed by atoms with E-state index in [1.54, 1.807) is 42.5 Å². The number of carboxylic acid groups (broad SMARTS) is 1. The van der Waals surface area contributed by atoms with Crippen molar-refractivity contribution in [2.45, 2.75) is 17.4 Å². The van der Waals surface area contributed by atoms with Crippen LogP contribution >= 0.6 is 0 Å². The highest BCUT2D eigenvalue weighted by Gasteiger charge is 2.21. The second-order valence-electron chi connectivity index (χ2n) is 4.64. The summed E-state index contributed by atoms with van der Waals surface area (Å²) < 4.78 is 24.1. The molecular formula is C15H16N2O4S. The highest BCUT2D eigenvalue weighted by Crippen LogP contribution is 2.07. The number of carboxylic acids is 1. The Morgan fingerprint density at radius 1 is 1.00 bits per heavy atom. The minimum atomic E-state index is -3.81. The SMILES string of the molecule is O=C(O)[C@H](Cc1ccccc1)NNS(=O)(=O)c1ccccc1. The van der Waals surface area contributed by atoms with Crippen molar-refractivity contribution >= 4 is 16.0 Å². The molecular weight excluding hydrogens is 304 g/mol. The van der Waals surface area contributed by atoms with Gasteiger partial charge in [0.05, 0.1) is 4.90 Å². The summed E-state index contributed by atoms with van der Waals surface area (Å²) >= 11 is 0. The smallest absolute Gasteiger partial charge is 0.322 e. The van der Waals surface area contributed by atoms with Gasteiger partial charge in [0, 0.05) is 0 Å². The van der Waals surface area contributed by atoms with Gasteiger partial charge in [-0.2, -0.15) is 0 Å². The topological polar surface area (TPSA) is 95.5 Å². The Balaban J connectivity index is 2.05. The van der Waals surface area contributed by atoms with Gasteiger partial charge in [0.25, 0.3) is 10.0 Å². The molecule has 0 aliphatic carbocycles. The number of sulfonamides is 1. The van der Waals surface area contributed by atoms with Crippen LogP contribution < -0.4 is 10.3 Å². The van der Waals surface area contributed by atoms with Crippen LogP contribution in [0, 0.1) is 0 Å². The van der Waals surface area contributed by atoms with E-state index >= 15 is 0 Å². The average Bonchev–Trinajstić information content (AvgIpc) is 2.53. The molecule has 0 radical (unpaired) electrons. The highest BCUT2D eigenvalue weighted by molar-refractivity contribution is 7.89. The third-order valence-electron chi connectivity index (χ3n) is 3.00. The van der Waals surface area contributed by atoms with Crippen molar-refractivity contribution in [2.75, 3.05) is 0 Å². The van der Waals surface area contributed by atoms with Crippen molar-refractivity contribution in [3.8, 4) is 0 Å². The maximum atomic E-state index is 12.0. The number of benzene rings is 2. The fraction of sp³-hybridized carbons (Fsp3) is 0.133. The molecule has 2 aromatic rings. The van der Waals surface area contributed by atoms with Crippen LogP contribution in [0.25, 0.3) is 0 Å². The van der Waals surface area contributed by atoms with Crippen molar-refractivity contribution in [3.63, 3.8) is 0 Å². The first-order valence-corrected chi connectivity index (χ1v) is 8.06. The molecule has 2 rings (SSSR count). The molecule has 0 bridgehead atoms. The molecule has 22 heavy (non-hydrogen) atoms. The number of nitrogens with one attached hydrogen (secondary N) is 2. The molecule has 116 valence electrons. The molecule has 0 fully saturated rings. The molecule has 0 aromatic heterocycles. The van der Waals surface area contributed by atoms with E-state index < -0.39 is 22.0 Å². The molecule has 0 spiro atoms.